The minimum atomic E-state index is -1.84. The van der Waals surface area contributed by atoms with Crippen LogP contribution >= 0.6 is 0 Å². The fourth-order valence-corrected chi connectivity index (χ4v) is 4.77. The van der Waals surface area contributed by atoms with Crippen LogP contribution in [0.2, 0.25) is 0 Å². The van der Waals surface area contributed by atoms with E-state index in [-0.39, 0.29) is 28.0 Å². The highest BCUT2D eigenvalue weighted by atomic mass is 16.8. The van der Waals surface area contributed by atoms with Crippen molar-refractivity contribution in [1.82, 2.24) is 0 Å². The van der Waals surface area contributed by atoms with E-state index in [0.29, 0.717) is 5.75 Å². The molecule has 15 nitrogen and oxygen atoms in total. The normalized spacial score (nSPS) is 31.6. The molecule has 2 aliphatic rings. The maximum atomic E-state index is 13.7. The zero-order chi connectivity index (χ0) is 30.3. The molecule has 5 rings (SSSR count). The number of hydrogen-bond donors (Lipinski definition) is 8. The molecule has 0 radical (unpaired) electrons. The van der Waals surface area contributed by atoms with Crippen LogP contribution in [0.5, 0.6) is 23.0 Å². The van der Waals surface area contributed by atoms with E-state index in [1.165, 1.54) is 19.2 Å². The lowest BCUT2D eigenvalue weighted by Gasteiger charge is -2.44. The molecule has 9 atom stereocenters. The van der Waals surface area contributed by atoms with E-state index in [1.54, 1.807) is 12.1 Å². The molecule has 1 aromatic heterocycles. The number of phenols is 2. The van der Waals surface area contributed by atoms with Crippen molar-refractivity contribution in [2.75, 3.05) is 20.3 Å². The topological polar surface area (TPSA) is 238 Å². The molecule has 9 unspecified atom stereocenters. The van der Waals surface area contributed by atoms with Gasteiger partial charge in [-0.05, 0) is 24.3 Å². The second-order valence-electron chi connectivity index (χ2n) is 9.83. The lowest BCUT2D eigenvalue weighted by Crippen LogP contribution is -2.64. The largest absolute Gasteiger partial charge is 0.508 e. The number of aromatic hydroxyl groups is 2. The summed E-state index contributed by atoms with van der Waals surface area (Å²) in [6.45, 7) is -1.22. The predicted molar refractivity (Wildman–Crippen MR) is 139 cm³/mol. The molecular formula is C27H30O15. The summed E-state index contributed by atoms with van der Waals surface area (Å²) in [6.07, 6.45) is -15.0. The van der Waals surface area contributed by atoms with Gasteiger partial charge >= 0.3 is 0 Å². The summed E-state index contributed by atoms with van der Waals surface area (Å²) in [4.78, 5) is 13.7. The van der Waals surface area contributed by atoms with Crippen LogP contribution in [0.15, 0.2) is 45.6 Å². The van der Waals surface area contributed by atoms with Crippen LogP contribution in [0, 0.1) is 0 Å². The Kier molecular flexibility index (Phi) is 8.56. The van der Waals surface area contributed by atoms with Gasteiger partial charge in [0.15, 0.2) is 18.2 Å². The van der Waals surface area contributed by atoms with Crippen molar-refractivity contribution in [3.63, 3.8) is 0 Å². The van der Waals surface area contributed by atoms with Crippen molar-refractivity contribution in [2.45, 2.75) is 55.3 Å². The third-order valence-electron chi connectivity index (χ3n) is 7.07. The molecule has 2 fully saturated rings. The second-order valence-corrected chi connectivity index (χ2v) is 9.83. The number of methoxy groups -OCH3 is 1. The molecule has 0 saturated carbocycles. The summed E-state index contributed by atoms with van der Waals surface area (Å²) in [7, 11) is 1.45. The average Bonchev–Trinajstić information content (AvgIpc) is 2.97. The summed E-state index contributed by atoms with van der Waals surface area (Å²) in [5.74, 6) is -1.28. The summed E-state index contributed by atoms with van der Waals surface area (Å²) in [5, 5.41) is 81.4. The molecule has 0 spiro atoms. The standard InChI is InChI=1S/C27H30O15/c1-37-12-4-2-10(3-5-12)23-24(20(34)17-13(30)6-11(29)7-15(17)39-23)41-27-25(21(35)19(33)16(8-28)40-27)42-26-22(36)18(32)14(31)9-38-26/h2-7,14,16,18-19,21-22,25-33,35-36H,8-9H2,1H3. The number of ether oxygens (including phenoxy) is 5. The van der Waals surface area contributed by atoms with Gasteiger partial charge in [-0.1, -0.05) is 0 Å². The average molecular weight is 595 g/mol. The SMILES string of the molecule is COc1ccc(-c2oc3cc(O)cc(O)c3c(=O)c2OC2OC(CO)C(O)C(O)C2OC2OCC(O)C(O)C2O)cc1. The Labute approximate surface area is 236 Å². The Morgan fingerprint density at radius 2 is 1.64 bits per heavy atom. The fourth-order valence-electron chi connectivity index (χ4n) is 4.77. The molecule has 42 heavy (non-hydrogen) atoms. The van der Waals surface area contributed by atoms with E-state index in [1.807, 2.05) is 0 Å². The Balaban J connectivity index is 1.60. The quantitative estimate of drug-likeness (QED) is 0.156. The van der Waals surface area contributed by atoms with Gasteiger partial charge in [0.05, 0.1) is 20.3 Å². The van der Waals surface area contributed by atoms with E-state index in [0.717, 1.165) is 12.1 Å². The second kappa shape index (κ2) is 12.0. The zero-order valence-corrected chi connectivity index (χ0v) is 22.0. The number of aliphatic hydroxyl groups is 6. The molecule has 2 saturated heterocycles. The lowest BCUT2D eigenvalue weighted by atomic mass is 9.98. The number of aliphatic hydroxyl groups excluding tert-OH is 6. The van der Waals surface area contributed by atoms with Crippen molar-refractivity contribution < 1.29 is 69.0 Å². The summed E-state index contributed by atoms with van der Waals surface area (Å²) >= 11 is 0. The number of fused-ring (bicyclic) bond motifs is 1. The molecule has 0 bridgehead atoms. The van der Waals surface area contributed by atoms with Crippen molar-refractivity contribution in [2.24, 2.45) is 0 Å². The van der Waals surface area contributed by atoms with Crippen molar-refractivity contribution >= 4 is 11.0 Å². The van der Waals surface area contributed by atoms with Gasteiger partial charge in [-0.25, -0.2) is 0 Å². The van der Waals surface area contributed by atoms with Crippen molar-refractivity contribution in [1.29, 1.82) is 0 Å². The third kappa shape index (κ3) is 5.49. The van der Waals surface area contributed by atoms with Gasteiger partial charge in [-0.3, -0.25) is 4.79 Å². The van der Waals surface area contributed by atoms with Gasteiger partial charge in [0.2, 0.25) is 17.5 Å². The van der Waals surface area contributed by atoms with Gasteiger partial charge in [0, 0.05) is 17.7 Å². The number of phenolic OH excluding ortho intramolecular Hbond substituents is 2. The minimum Gasteiger partial charge on any atom is -0.508 e. The molecule has 3 aromatic rings. The Morgan fingerprint density at radius 1 is 0.929 bits per heavy atom. The molecule has 228 valence electrons. The van der Waals surface area contributed by atoms with E-state index in [9.17, 15) is 45.6 Å². The van der Waals surface area contributed by atoms with E-state index in [4.69, 9.17) is 28.1 Å². The van der Waals surface area contributed by atoms with Gasteiger partial charge in [-0.15, -0.1) is 0 Å². The van der Waals surface area contributed by atoms with E-state index >= 15 is 0 Å². The van der Waals surface area contributed by atoms with Crippen LogP contribution in [-0.2, 0) is 14.2 Å². The Bertz CT molecular complexity index is 1460. The summed E-state index contributed by atoms with van der Waals surface area (Å²) in [5.41, 5.74) is -0.832. The molecule has 8 N–H and O–H groups in total. The Morgan fingerprint density at radius 3 is 2.31 bits per heavy atom. The van der Waals surface area contributed by atoms with Crippen LogP contribution in [-0.4, -0.2) is 116 Å². The van der Waals surface area contributed by atoms with Crippen molar-refractivity contribution in [3.8, 4) is 34.3 Å². The molecule has 15 heteroatoms. The van der Waals surface area contributed by atoms with Crippen LogP contribution in [0.25, 0.3) is 22.3 Å². The number of rotatable bonds is 7. The highest BCUT2D eigenvalue weighted by Gasteiger charge is 2.50. The smallest absolute Gasteiger partial charge is 0.239 e. The van der Waals surface area contributed by atoms with Gasteiger partial charge in [0.25, 0.3) is 0 Å². The summed E-state index contributed by atoms with van der Waals surface area (Å²) in [6, 6.07) is 8.22. The molecule has 3 heterocycles. The molecule has 2 aromatic carbocycles. The highest BCUT2D eigenvalue weighted by molar-refractivity contribution is 5.88. The first kappa shape index (κ1) is 30.0. The van der Waals surface area contributed by atoms with Gasteiger partial charge in [-0.2, -0.15) is 0 Å². The monoisotopic (exact) mass is 594 g/mol. The van der Waals surface area contributed by atoms with Crippen molar-refractivity contribution in [3.05, 3.63) is 46.6 Å². The van der Waals surface area contributed by atoms with Gasteiger partial charge in [0.1, 0.15) is 64.8 Å². The van der Waals surface area contributed by atoms with Crippen LogP contribution in [0.1, 0.15) is 0 Å². The highest BCUT2D eigenvalue weighted by Crippen LogP contribution is 2.38. The van der Waals surface area contributed by atoms with Crippen LogP contribution in [0.3, 0.4) is 0 Å². The first-order valence-electron chi connectivity index (χ1n) is 12.8. The number of benzene rings is 2. The number of hydrogen-bond acceptors (Lipinski definition) is 15. The molecular weight excluding hydrogens is 564 g/mol. The predicted octanol–water partition coefficient (Wildman–Crippen LogP) is -1.48. The minimum absolute atomic E-state index is 0.192. The van der Waals surface area contributed by atoms with E-state index < -0.39 is 85.4 Å². The van der Waals surface area contributed by atoms with Crippen LogP contribution < -0.4 is 14.9 Å². The van der Waals surface area contributed by atoms with Crippen LogP contribution in [0.4, 0.5) is 0 Å². The first-order valence-corrected chi connectivity index (χ1v) is 12.8. The lowest BCUT2D eigenvalue weighted by molar-refractivity contribution is -0.345. The fraction of sp³-hybridized carbons (Fsp3) is 0.444. The zero-order valence-electron chi connectivity index (χ0n) is 22.0. The van der Waals surface area contributed by atoms with Gasteiger partial charge < -0.3 is 69.0 Å². The Hall–Kier alpha value is -3.51. The molecule has 0 aliphatic carbocycles. The maximum Gasteiger partial charge on any atom is 0.239 e. The first-order chi connectivity index (χ1) is 20.0. The third-order valence-corrected chi connectivity index (χ3v) is 7.07. The summed E-state index contributed by atoms with van der Waals surface area (Å²) < 4.78 is 33.5. The maximum absolute atomic E-state index is 13.7. The molecule has 2 aliphatic heterocycles. The van der Waals surface area contributed by atoms with E-state index in [2.05, 4.69) is 0 Å². The molecule has 0 amide bonds.